The van der Waals surface area contributed by atoms with Gasteiger partial charge in [0.15, 0.2) is 5.65 Å². The largest absolute Gasteiger partial charge is 0.278 e. The first-order valence-corrected chi connectivity index (χ1v) is 7.67. The second-order valence-corrected chi connectivity index (χ2v) is 5.83. The van der Waals surface area contributed by atoms with Gasteiger partial charge in [0, 0.05) is 5.69 Å². The van der Waals surface area contributed by atoms with E-state index >= 15 is 0 Å². The van der Waals surface area contributed by atoms with Crippen LogP contribution in [0.15, 0.2) is 34.8 Å². The summed E-state index contributed by atoms with van der Waals surface area (Å²) in [6.07, 6.45) is 0. The molecule has 102 valence electrons. The van der Waals surface area contributed by atoms with E-state index in [4.69, 9.17) is 23.2 Å². The average molecular weight is 371 g/mol. The van der Waals surface area contributed by atoms with Crippen molar-refractivity contribution < 1.29 is 0 Å². The van der Waals surface area contributed by atoms with E-state index < -0.39 is 0 Å². The zero-order valence-electron chi connectivity index (χ0n) is 10.6. The van der Waals surface area contributed by atoms with Crippen LogP contribution in [0, 0.1) is 6.92 Å². The molecule has 0 saturated carbocycles. The number of hydrogen-bond acceptors (Lipinski definition) is 2. The Balaban J connectivity index is 2.39. The monoisotopic (exact) mass is 369 g/mol. The molecule has 0 amide bonds. The smallest absolute Gasteiger partial charge is 0.164 e. The van der Waals surface area contributed by atoms with Crippen LogP contribution in [0.3, 0.4) is 0 Å². The molecule has 0 saturated heterocycles. The van der Waals surface area contributed by atoms with Crippen molar-refractivity contribution in [1.29, 1.82) is 0 Å². The number of hydrogen-bond donors (Lipinski definition) is 0. The molecule has 2 aromatic heterocycles. The zero-order valence-corrected chi connectivity index (χ0v) is 13.7. The number of aryl methyl sites for hydroxylation is 1. The van der Waals surface area contributed by atoms with Gasteiger partial charge in [0.1, 0.15) is 11.3 Å². The first-order valence-electron chi connectivity index (χ1n) is 5.97. The van der Waals surface area contributed by atoms with Crippen molar-refractivity contribution in [2.45, 2.75) is 12.8 Å². The number of alkyl halides is 1. The van der Waals surface area contributed by atoms with E-state index in [0.717, 1.165) is 32.8 Å². The van der Waals surface area contributed by atoms with Crippen LogP contribution in [0.2, 0.25) is 5.02 Å². The first-order chi connectivity index (χ1) is 9.61. The molecule has 0 N–H and O–H groups in total. The molecule has 3 rings (SSSR count). The van der Waals surface area contributed by atoms with E-state index in [0.29, 0.717) is 10.9 Å². The highest BCUT2D eigenvalue weighted by molar-refractivity contribution is 9.10. The topological polar surface area (TPSA) is 30.7 Å². The summed E-state index contributed by atoms with van der Waals surface area (Å²) in [5, 5.41) is 0.637. The summed E-state index contributed by atoms with van der Waals surface area (Å²) in [5.41, 5.74) is 3.41. The van der Waals surface area contributed by atoms with Crippen LogP contribution < -0.4 is 0 Å². The van der Waals surface area contributed by atoms with Crippen LogP contribution in [0.5, 0.6) is 0 Å². The third-order valence-corrected chi connectivity index (χ3v) is 4.62. The number of rotatable bonds is 2. The van der Waals surface area contributed by atoms with Gasteiger partial charge in [-0.1, -0.05) is 17.7 Å². The second-order valence-electron chi connectivity index (χ2n) is 4.37. The fourth-order valence-corrected chi connectivity index (χ4v) is 2.90. The molecule has 0 aliphatic heterocycles. The summed E-state index contributed by atoms with van der Waals surface area (Å²) >= 11 is 15.7. The van der Waals surface area contributed by atoms with Gasteiger partial charge in [0.25, 0.3) is 0 Å². The van der Waals surface area contributed by atoms with Crippen molar-refractivity contribution in [1.82, 2.24) is 14.5 Å². The van der Waals surface area contributed by atoms with E-state index in [1.54, 1.807) is 0 Å². The summed E-state index contributed by atoms with van der Waals surface area (Å²) in [5.74, 6) is 1.04. The van der Waals surface area contributed by atoms with E-state index in [-0.39, 0.29) is 0 Å². The van der Waals surface area contributed by atoms with Gasteiger partial charge in [0.2, 0.25) is 0 Å². The highest BCUT2D eigenvalue weighted by atomic mass is 79.9. The quantitative estimate of drug-likeness (QED) is 0.601. The average Bonchev–Trinajstić information content (AvgIpc) is 2.79. The number of benzene rings is 1. The molecule has 0 spiro atoms. The van der Waals surface area contributed by atoms with Crippen molar-refractivity contribution in [2.75, 3.05) is 0 Å². The molecule has 0 bridgehead atoms. The normalized spacial score (nSPS) is 11.2. The van der Waals surface area contributed by atoms with E-state index in [9.17, 15) is 0 Å². The molecule has 6 heteroatoms. The van der Waals surface area contributed by atoms with Gasteiger partial charge in [-0.2, -0.15) is 0 Å². The van der Waals surface area contributed by atoms with Crippen LogP contribution in [-0.2, 0) is 5.88 Å². The number of imidazole rings is 1. The highest BCUT2D eigenvalue weighted by Gasteiger charge is 2.16. The fourth-order valence-electron chi connectivity index (χ4n) is 2.11. The van der Waals surface area contributed by atoms with Crippen LogP contribution in [0.1, 0.15) is 11.5 Å². The van der Waals surface area contributed by atoms with Crippen molar-refractivity contribution in [3.05, 3.63) is 51.3 Å². The van der Waals surface area contributed by atoms with Crippen molar-refractivity contribution in [2.24, 2.45) is 0 Å². The van der Waals surface area contributed by atoms with Gasteiger partial charge in [-0.05, 0) is 47.1 Å². The summed E-state index contributed by atoms with van der Waals surface area (Å²) in [4.78, 5) is 9.09. The third-order valence-electron chi connectivity index (χ3n) is 3.00. The van der Waals surface area contributed by atoms with Gasteiger partial charge in [-0.15, -0.1) is 11.6 Å². The molecule has 0 fully saturated rings. The maximum Gasteiger partial charge on any atom is 0.164 e. The van der Waals surface area contributed by atoms with Crippen LogP contribution >= 0.6 is 39.1 Å². The van der Waals surface area contributed by atoms with Gasteiger partial charge in [-0.3, -0.25) is 4.57 Å². The van der Waals surface area contributed by atoms with Crippen LogP contribution in [-0.4, -0.2) is 14.5 Å². The molecule has 1 aromatic carbocycles. The Labute approximate surface area is 134 Å². The van der Waals surface area contributed by atoms with Crippen molar-refractivity contribution in [3.8, 4) is 5.69 Å². The lowest BCUT2D eigenvalue weighted by molar-refractivity contribution is 0.962. The Morgan fingerprint density at radius 1 is 1.20 bits per heavy atom. The molecule has 0 aliphatic carbocycles. The minimum absolute atomic E-state index is 0.300. The maximum absolute atomic E-state index is 6.17. The molecule has 2 heterocycles. The summed E-state index contributed by atoms with van der Waals surface area (Å²) in [7, 11) is 0. The molecular formula is C14H10BrCl2N3. The van der Waals surface area contributed by atoms with Crippen molar-refractivity contribution >= 4 is 50.3 Å². The first kappa shape index (κ1) is 13.9. The van der Waals surface area contributed by atoms with Gasteiger partial charge in [0.05, 0.1) is 21.1 Å². The number of aromatic nitrogens is 3. The minimum Gasteiger partial charge on any atom is -0.278 e. The van der Waals surface area contributed by atoms with Crippen LogP contribution in [0.25, 0.3) is 16.9 Å². The molecule has 0 aliphatic rings. The third kappa shape index (κ3) is 2.22. The Morgan fingerprint density at radius 2 is 2.00 bits per heavy atom. The number of fused-ring (bicyclic) bond motifs is 1. The Bertz CT molecular complexity index is 798. The Hall–Kier alpha value is -1.10. The summed E-state index contributed by atoms with van der Waals surface area (Å²) < 4.78 is 2.74. The maximum atomic E-state index is 6.17. The van der Waals surface area contributed by atoms with Gasteiger partial charge >= 0.3 is 0 Å². The lowest BCUT2D eigenvalue weighted by Crippen LogP contribution is -2.02. The zero-order chi connectivity index (χ0) is 14.3. The summed E-state index contributed by atoms with van der Waals surface area (Å²) in [6, 6.07) is 9.56. The standard InChI is InChI=1S/C14H10BrCl2N3/c1-8-5-6-10-14(18-8)20(12(7-16)19-10)11-4-2-3-9(17)13(11)15/h2-6H,7H2,1H3. The van der Waals surface area contributed by atoms with Gasteiger partial charge < -0.3 is 0 Å². The highest BCUT2D eigenvalue weighted by Crippen LogP contribution is 2.32. The predicted molar refractivity (Wildman–Crippen MR) is 85.9 cm³/mol. The summed E-state index contributed by atoms with van der Waals surface area (Å²) in [6.45, 7) is 1.95. The lowest BCUT2D eigenvalue weighted by atomic mass is 10.3. The Kier molecular flexibility index (Phi) is 3.71. The number of halogens is 3. The molecule has 0 radical (unpaired) electrons. The van der Waals surface area contributed by atoms with E-state index in [2.05, 4.69) is 25.9 Å². The minimum atomic E-state index is 0.300. The second kappa shape index (κ2) is 5.35. The number of pyridine rings is 1. The fraction of sp³-hybridized carbons (Fsp3) is 0.143. The molecule has 3 nitrogen and oxygen atoms in total. The van der Waals surface area contributed by atoms with E-state index in [1.807, 2.05) is 41.8 Å². The molecule has 20 heavy (non-hydrogen) atoms. The van der Waals surface area contributed by atoms with Gasteiger partial charge in [-0.25, -0.2) is 9.97 Å². The predicted octanol–water partition coefficient (Wildman–Crippen LogP) is 4.88. The van der Waals surface area contributed by atoms with Crippen LogP contribution in [0.4, 0.5) is 0 Å². The molecule has 0 atom stereocenters. The SMILES string of the molecule is Cc1ccc2nc(CCl)n(-c3cccc(Cl)c3Br)c2n1. The molecule has 0 unspecified atom stereocenters. The van der Waals surface area contributed by atoms with E-state index in [1.165, 1.54) is 0 Å². The molecule has 3 aromatic rings. The lowest BCUT2D eigenvalue weighted by Gasteiger charge is -2.10. The Morgan fingerprint density at radius 3 is 2.75 bits per heavy atom. The molecular weight excluding hydrogens is 361 g/mol. The number of nitrogens with zero attached hydrogens (tertiary/aromatic N) is 3. The van der Waals surface area contributed by atoms with Crippen molar-refractivity contribution in [3.63, 3.8) is 0 Å².